The highest BCUT2D eigenvalue weighted by molar-refractivity contribution is 6.30. The molecule has 0 bridgehead atoms. The normalized spacial score (nSPS) is 9.80. The smallest absolute Gasteiger partial charge is 0.407 e. The van der Waals surface area contributed by atoms with Crippen LogP contribution in [-0.2, 0) is 0 Å². The van der Waals surface area contributed by atoms with Crippen LogP contribution in [-0.4, -0.2) is 29.1 Å². The second-order valence-corrected chi connectivity index (χ2v) is 3.19. The number of hydrogen-bond donors (Lipinski definition) is 0. The van der Waals surface area contributed by atoms with Gasteiger partial charge < -0.3 is 9.64 Å². The van der Waals surface area contributed by atoms with Gasteiger partial charge in [0.15, 0.2) is 10.9 Å². The first-order valence-corrected chi connectivity index (χ1v) is 5.14. The van der Waals surface area contributed by atoms with Crippen LogP contribution in [0.2, 0.25) is 5.15 Å². The predicted octanol–water partition coefficient (Wildman–Crippen LogP) is 2.58. The molecule has 0 aromatic carbocycles. The molecule has 0 saturated carbocycles. The van der Waals surface area contributed by atoms with Crippen LogP contribution in [0.25, 0.3) is 0 Å². The van der Waals surface area contributed by atoms with Gasteiger partial charge in [0.2, 0.25) is 0 Å². The Morgan fingerprint density at radius 2 is 2.20 bits per heavy atom. The van der Waals surface area contributed by atoms with E-state index >= 15 is 0 Å². The van der Waals surface area contributed by atoms with Gasteiger partial charge in [-0.1, -0.05) is 11.6 Å². The molecule has 0 aliphatic heterocycles. The Bertz CT molecular complexity index is 340. The van der Waals surface area contributed by atoms with Crippen molar-refractivity contribution in [2.24, 2.45) is 0 Å². The van der Waals surface area contributed by atoms with E-state index in [1.807, 2.05) is 13.8 Å². The van der Waals surface area contributed by atoms with Crippen LogP contribution in [0.1, 0.15) is 13.8 Å². The molecule has 1 rings (SSSR count). The number of amides is 1. The number of rotatable bonds is 3. The minimum absolute atomic E-state index is 0.193. The van der Waals surface area contributed by atoms with Crippen LogP contribution in [0.4, 0.5) is 4.79 Å². The van der Waals surface area contributed by atoms with Gasteiger partial charge in [-0.3, -0.25) is 0 Å². The molecule has 1 amide bonds. The Labute approximate surface area is 93.8 Å². The SMILES string of the molecule is CCN(CC)C(=O)Oc1cccnc1Cl. The molecule has 82 valence electrons. The third-order valence-corrected chi connectivity index (χ3v) is 2.23. The minimum Gasteiger partial charge on any atom is -0.407 e. The van der Waals surface area contributed by atoms with E-state index in [1.165, 1.54) is 6.20 Å². The summed E-state index contributed by atoms with van der Waals surface area (Å²) in [6.07, 6.45) is 1.13. The maximum atomic E-state index is 11.5. The van der Waals surface area contributed by atoms with Crippen molar-refractivity contribution < 1.29 is 9.53 Å². The third kappa shape index (κ3) is 3.09. The Kier molecular flexibility index (Phi) is 4.37. The standard InChI is InChI=1S/C10H13ClN2O2/c1-3-13(4-2)10(14)15-8-6-5-7-12-9(8)11/h5-7H,3-4H2,1-2H3. The molecule has 0 spiro atoms. The van der Waals surface area contributed by atoms with Crippen molar-refractivity contribution in [1.29, 1.82) is 0 Å². The van der Waals surface area contributed by atoms with Crippen molar-refractivity contribution in [3.05, 3.63) is 23.5 Å². The van der Waals surface area contributed by atoms with Crippen molar-refractivity contribution in [3.8, 4) is 5.75 Å². The van der Waals surface area contributed by atoms with E-state index in [9.17, 15) is 4.79 Å². The molecule has 5 heteroatoms. The molecule has 0 aliphatic rings. The molecule has 0 aliphatic carbocycles. The van der Waals surface area contributed by atoms with Crippen molar-refractivity contribution in [1.82, 2.24) is 9.88 Å². The fourth-order valence-electron chi connectivity index (χ4n) is 1.09. The number of halogens is 1. The predicted molar refractivity (Wildman–Crippen MR) is 58.2 cm³/mol. The summed E-state index contributed by atoms with van der Waals surface area (Å²) in [4.78, 5) is 16.9. The zero-order chi connectivity index (χ0) is 11.3. The van der Waals surface area contributed by atoms with Crippen molar-refractivity contribution >= 4 is 17.7 Å². The molecule has 4 nitrogen and oxygen atoms in total. The summed E-state index contributed by atoms with van der Waals surface area (Å²) < 4.78 is 5.08. The lowest BCUT2D eigenvalue weighted by Crippen LogP contribution is -2.33. The van der Waals surface area contributed by atoms with Crippen LogP contribution < -0.4 is 4.74 Å². The summed E-state index contributed by atoms with van der Waals surface area (Å²) >= 11 is 5.75. The zero-order valence-electron chi connectivity index (χ0n) is 8.74. The maximum absolute atomic E-state index is 11.5. The molecule has 0 unspecified atom stereocenters. The molecule has 0 fully saturated rings. The van der Waals surface area contributed by atoms with Gasteiger partial charge in [-0.05, 0) is 26.0 Å². The molecule has 1 heterocycles. The molecule has 0 atom stereocenters. The van der Waals surface area contributed by atoms with Crippen LogP contribution in [0, 0.1) is 0 Å². The average Bonchev–Trinajstić information content (AvgIpc) is 2.23. The monoisotopic (exact) mass is 228 g/mol. The number of carbonyl (C=O) groups excluding carboxylic acids is 1. The second-order valence-electron chi connectivity index (χ2n) is 2.83. The summed E-state index contributed by atoms with van der Waals surface area (Å²) in [5, 5.41) is 0.193. The first kappa shape index (κ1) is 11.8. The van der Waals surface area contributed by atoms with Gasteiger partial charge in [-0.15, -0.1) is 0 Å². The van der Waals surface area contributed by atoms with Crippen LogP contribution in [0.5, 0.6) is 5.75 Å². The second kappa shape index (κ2) is 5.56. The largest absolute Gasteiger partial charge is 0.415 e. The first-order chi connectivity index (χ1) is 7.19. The van der Waals surface area contributed by atoms with E-state index in [0.29, 0.717) is 13.1 Å². The minimum atomic E-state index is -0.408. The van der Waals surface area contributed by atoms with Crippen LogP contribution in [0.15, 0.2) is 18.3 Å². The summed E-state index contributed by atoms with van der Waals surface area (Å²) in [6, 6.07) is 3.27. The van der Waals surface area contributed by atoms with E-state index < -0.39 is 6.09 Å². The zero-order valence-corrected chi connectivity index (χ0v) is 9.49. The van der Waals surface area contributed by atoms with Gasteiger partial charge in [0.1, 0.15) is 0 Å². The van der Waals surface area contributed by atoms with Crippen LogP contribution >= 0.6 is 11.6 Å². The highest BCUT2D eigenvalue weighted by Crippen LogP contribution is 2.20. The van der Waals surface area contributed by atoms with E-state index in [2.05, 4.69) is 4.98 Å². The summed E-state index contributed by atoms with van der Waals surface area (Å²) in [5.74, 6) is 0.288. The fourth-order valence-corrected chi connectivity index (χ4v) is 1.25. The van der Waals surface area contributed by atoms with E-state index in [4.69, 9.17) is 16.3 Å². The molecule has 1 aromatic rings. The maximum Gasteiger partial charge on any atom is 0.415 e. The summed E-state index contributed by atoms with van der Waals surface area (Å²) in [6.45, 7) is 4.98. The van der Waals surface area contributed by atoms with E-state index in [0.717, 1.165) is 0 Å². The van der Waals surface area contributed by atoms with Gasteiger partial charge in [-0.25, -0.2) is 9.78 Å². The number of ether oxygens (including phenoxy) is 1. The first-order valence-electron chi connectivity index (χ1n) is 4.76. The lowest BCUT2D eigenvalue weighted by atomic mass is 10.5. The lowest BCUT2D eigenvalue weighted by molar-refractivity contribution is 0.157. The Balaban J connectivity index is 2.70. The number of aromatic nitrogens is 1. The van der Waals surface area contributed by atoms with Crippen molar-refractivity contribution in [3.63, 3.8) is 0 Å². The fraction of sp³-hybridized carbons (Fsp3) is 0.400. The number of carbonyl (C=O) groups is 1. The molecule has 15 heavy (non-hydrogen) atoms. The average molecular weight is 229 g/mol. The molecular formula is C10H13ClN2O2. The molecule has 1 aromatic heterocycles. The van der Waals surface area contributed by atoms with Crippen molar-refractivity contribution in [2.75, 3.05) is 13.1 Å². The van der Waals surface area contributed by atoms with Gasteiger partial charge in [0, 0.05) is 19.3 Å². The molecule has 0 radical (unpaired) electrons. The third-order valence-electron chi connectivity index (χ3n) is 1.94. The topological polar surface area (TPSA) is 42.4 Å². The van der Waals surface area contributed by atoms with Crippen LogP contribution in [0.3, 0.4) is 0 Å². The Morgan fingerprint density at radius 3 is 2.73 bits per heavy atom. The van der Waals surface area contributed by atoms with E-state index in [-0.39, 0.29) is 10.9 Å². The van der Waals surface area contributed by atoms with Crippen molar-refractivity contribution in [2.45, 2.75) is 13.8 Å². The summed E-state index contributed by atoms with van der Waals surface area (Å²) in [7, 11) is 0. The number of nitrogens with zero attached hydrogens (tertiary/aromatic N) is 2. The molecular weight excluding hydrogens is 216 g/mol. The van der Waals surface area contributed by atoms with Gasteiger partial charge in [0.25, 0.3) is 0 Å². The molecule has 0 saturated heterocycles. The summed E-state index contributed by atoms with van der Waals surface area (Å²) in [5.41, 5.74) is 0. The Morgan fingerprint density at radius 1 is 1.53 bits per heavy atom. The Hall–Kier alpha value is -1.29. The number of hydrogen-bond acceptors (Lipinski definition) is 3. The van der Waals surface area contributed by atoms with Gasteiger partial charge in [-0.2, -0.15) is 0 Å². The molecule has 0 N–H and O–H groups in total. The number of pyridine rings is 1. The van der Waals surface area contributed by atoms with Gasteiger partial charge in [0.05, 0.1) is 0 Å². The highest BCUT2D eigenvalue weighted by Gasteiger charge is 2.13. The highest BCUT2D eigenvalue weighted by atomic mass is 35.5. The lowest BCUT2D eigenvalue weighted by Gasteiger charge is -2.17. The van der Waals surface area contributed by atoms with E-state index in [1.54, 1.807) is 17.0 Å². The quantitative estimate of drug-likeness (QED) is 0.747. The van der Waals surface area contributed by atoms with Gasteiger partial charge >= 0.3 is 6.09 Å².